The lowest BCUT2D eigenvalue weighted by atomic mass is 10.0. The second-order valence-corrected chi connectivity index (χ2v) is 11.0. The average Bonchev–Trinajstić information content (AvgIpc) is 3.23. The first-order valence-corrected chi connectivity index (χ1v) is 13.5. The highest BCUT2D eigenvalue weighted by molar-refractivity contribution is 7.98. The number of fused-ring (bicyclic) bond motifs is 1. The van der Waals surface area contributed by atoms with E-state index in [0.29, 0.717) is 5.69 Å². The van der Waals surface area contributed by atoms with Crippen LogP contribution in [0, 0.1) is 0 Å². The summed E-state index contributed by atoms with van der Waals surface area (Å²) in [4.78, 5) is 9.01. The molecule has 12 heteroatoms. The Kier molecular flexibility index (Phi) is 6.23. The zero-order chi connectivity index (χ0) is 23.1. The molecule has 2 N–H and O–H groups in total. The second-order valence-electron chi connectivity index (χ2n) is 7.25. The summed E-state index contributed by atoms with van der Waals surface area (Å²) in [7, 11) is -3.55. The highest BCUT2D eigenvalue weighted by Crippen LogP contribution is 2.39. The Bertz CT molecular complexity index is 1270. The van der Waals surface area contributed by atoms with Crippen molar-refractivity contribution in [1.82, 2.24) is 15.3 Å². The predicted molar refractivity (Wildman–Crippen MR) is 120 cm³/mol. The number of sulfone groups is 1. The molecule has 1 aliphatic rings. The Labute approximate surface area is 191 Å². The maximum Gasteiger partial charge on any atom is 0.420 e. The number of aromatic nitrogens is 2. The van der Waals surface area contributed by atoms with Crippen molar-refractivity contribution >= 4 is 44.6 Å². The lowest BCUT2D eigenvalue weighted by Gasteiger charge is -2.20. The molecule has 0 amide bonds. The SMILES string of the molecule is CSc1cc2c(cc1Nc1ncc(C(F)(F)F)c(-c3cc(S(C)(=O)=O)cs3)n1)CCNC2. The van der Waals surface area contributed by atoms with Gasteiger partial charge in [0, 0.05) is 29.3 Å². The summed E-state index contributed by atoms with van der Waals surface area (Å²) in [6.45, 7) is 1.62. The van der Waals surface area contributed by atoms with Crippen molar-refractivity contribution in [1.29, 1.82) is 0 Å². The van der Waals surface area contributed by atoms with E-state index in [9.17, 15) is 21.6 Å². The molecule has 1 aliphatic heterocycles. The highest BCUT2D eigenvalue weighted by atomic mass is 32.2. The number of hydrogen-bond donors (Lipinski definition) is 2. The van der Waals surface area contributed by atoms with E-state index in [1.54, 1.807) is 0 Å². The first-order valence-electron chi connectivity index (χ1n) is 9.47. The normalized spacial score (nSPS) is 14.3. The van der Waals surface area contributed by atoms with Crippen LogP contribution >= 0.6 is 23.1 Å². The largest absolute Gasteiger partial charge is 0.420 e. The van der Waals surface area contributed by atoms with E-state index in [1.165, 1.54) is 28.8 Å². The number of hydrogen-bond acceptors (Lipinski definition) is 8. The zero-order valence-corrected chi connectivity index (χ0v) is 19.5. The van der Waals surface area contributed by atoms with Crippen LogP contribution in [0.25, 0.3) is 10.6 Å². The third-order valence-electron chi connectivity index (χ3n) is 4.99. The lowest BCUT2D eigenvalue weighted by Crippen LogP contribution is -2.23. The third kappa shape index (κ3) is 4.77. The molecule has 6 nitrogen and oxygen atoms in total. The van der Waals surface area contributed by atoms with Crippen molar-refractivity contribution in [3.8, 4) is 10.6 Å². The zero-order valence-electron chi connectivity index (χ0n) is 17.1. The molecular weight excluding hydrogens is 481 g/mol. The molecule has 0 radical (unpaired) electrons. The standard InChI is InChI=1S/C20H19F3N4O2S3/c1-30-16-6-12-8-24-4-3-11(12)5-15(16)26-19-25-9-14(20(21,22)23)18(27-19)17-7-13(10-31-17)32(2,28)29/h5-7,9-10,24H,3-4,8H2,1-2H3,(H,25,26,27). The topological polar surface area (TPSA) is 84.0 Å². The van der Waals surface area contributed by atoms with Gasteiger partial charge in [0.05, 0.1) is 21.2 Å². The van der Waals surface area contributed by atoms with Crippen LogP contribution in [0.3, 0.4) is 0 Å². The van der Waals surface area contributed by atoms with Crippen molar-refractivity contribution in [2.75, 3.05) is 24.4 Å². The van der Waals surface area contributed by atoms with Crippen molar-refractivity contribution in [2.24, 2.45) is 0 Å². The number of thioether (sulfide) groups is 1. The highest BCUT2D eigenvalue weighted by Gasteiger charge is 2.36. The number of benzene rings is 1. The van der Waals surface area contributed by atoms with E-state index in [2.05, 4.69) is 26.7 Å². The fourth-order valence-corrected chi connectivity index (χ4v) is 5.99. The van der Waals surface area contributed by atoms with Gasteiger partial charge in [-0.25, -0.2) is 18.4 Å². The molecule has 0 fully saturated rings. The summed E-state index contributed by atoms with van der Waals surface area (Å²) in [6.07, 6.45) is -0.189. The molecule has 1 aromatic carbocycles. The Hall–Kier alpha value is -2.15. The van der Waals surface area contributed by atoms with Gasteiger partial charge >= 0.3 is 6.18 Å². The summed E-state index contributed by atoms with van der Waals surface area (Å²) in [6, 6.07) is 5.24. The van der Waals surface area contributed by atoms with Crippen molar-refractivity contribution < 1.29 is 21.6 Å². The van der Waals surface area contributed by atoms with Gasteiger partial charge in [0.15, 0.2) is 9.84 Å². The Balaban J connectivity index is 1.77. The van der Waals surface area contributed by atoms with E-state index < -0.39 is 21.6 Å². The molecule has 0 atom stereocenters. The average molecular weight is 501 g/mol. The molecule has 0 saturated carbocycles. The van der Waals surface area contributed by atoms with Crippen LogP contribution in [0.2, 0.25) is 0 Å². The molecule has 0 bridgehead atoms. The van der Waals surface area contributed by atoms with E-state index >= 15 is 0 Å². The molecular formula is C20H19F3N4O2S3. The van der Waals surface area contributed by atoms with E-state index in [4.69, 9.17) is 0 Å². The van der Waals surface area contributed by atoms with E-state index in [1.807, 2.05) is 12.3 Å². The summed E-state index contributed by atoms with van der Waals surface area (Å²) in [5, 5.41) is 7.68. The monoisotopic (exact) mass is 500 g/mol. The van der Waals surface area contributed by atoms with E-state index in [-0.39, 0.29) is 21.4 Å². The van der Waals surface area contributed by atoms with Crippen LogP contribution in [0.5, 0.6) is 0 Å². The summed E-state index contributed by atoms with van der Waals surface area (Å²) < 4.78 is 64.4. The van der Waals surface area contributed by atoms with Crippen LogP contribution in [-0.2, 0) is 29.0 Å². The van der Waals surface area contributed by atoms with Gasteiger partial charge in [0.2, 0.25) is 5.95 Å². The molecule has 3 heterocycles. The number of nitrogens with zero attached hydrogens (tertiary/aromatic N) is 2. The van der Waals surface area contributed by atoms with Crippen molar-refractivity contribution in [3.63, 3.8) is 0 Å². The van der Waals surface area contributed by atoms with Crippen LogP contribution in [-0.4, -0.2) is 37.4 Å². The van der Waals surface area contributed by atoms with Crippen molar-refractivity contribution in [2.45, 2.75) is 28.9 Å². The lowest BCUT2D eigenvalue weighted by molar-refractivity contribution is -0.137. The number of halogens is 3. The number of alkyl halides is 3. The number of nitrogens with one attached hydrogen (secondary N) is 2. The summed E-state index contributed by atoms with van der Waals surface area (Å²) in [5.41, 5.74) is 1.68. The molecule has 4 rings (SSSR count). The minimum Gasteiger partial charge on any atom is -0.323 e. The molecule has 0 aliphatic carbocycles. The Morgan fingerprint density at radius 2 is 2.00 bits per heavy atom. The van der Waals surface area contributed by atoms with Crippen molar-refractivity contribution in [3.05, 3.63) is 46.5 Å². The maximum absolute atomic E-state index is 13.6. The third-order valence-corrected chi connectivity index (χ3v) is 7.94. The number of thiophene rings is 1. The first kappa shape index (κ1) is 23.0. The Morgan fingerprint density at radius 1 is 1.22 bits per heavy atom. The number of anilines is 2. The smallest absolute Gasteiger partial charge is 0.323 e. The molecule has 32 heavy (non-hydrogen) atoms. The fourth-order valence-electron chi connectivity index (χ4n) is 3.37. The van der Waals surface area contributed by atoms with Crippen LogP contribution < -0.4 is 10.6 Å². The van der Waals surface area contributed by atoms with Gasteiger partial charge in [-0.05, 0) is 48.5 Å². The second kappa shape index (κ2) is 8.65. The van der Waals surface area contributed by atoms with Gasteiger partial charge < -0.3 is 10.6 Å². The van der Waals surface area contributed by atoms with Gasteiger partial charge in [0.1, 0.15) is 5.56 Å². The molecule has 0 saturated heterocycles. The van der Waals surface area contributed by atoms with Gasteiger partial charge in [0.25, 0.3) is 0 Å². The molecule has 2 aromatic heterocycles. The van der Waals surface area contributed by atoms with Gasteiger partial charge in [-0.3, -0.25) is 0 Å². The van der Waals surface area contributed by atoms with Gasteiger partial charge in [-0.1, -0.05) is 0 Å². The maximum atomic E-state index is 13.6. The summed E-state index contributed by atoms with van der Waals surface area (Å²) in [5.74, 6) is 0.00601. The molecule has 170 valence electrons. The molecule has 3 aromatic rings. The molecule has 0 spiro atoms. The summed E-state index contributed by atoms with van der Waals surface area (Å²) >= 11 is 2.40. The minimum atomic E-state index is -4.69. The number of rotatable bonds is 5. The quantitative estimate of drug-likeness (QED) is 0.490. The van der Waals surface area contributed by atoms with Crippen LogP contribution in [0.1, 0.15) is 16.7 Å². The van der Waals surface area contributed by atoms with E-state index in [0.717, 1.165) is 53.8 Å². The first-order chi connectivity index (χ1) is 15.1. The van der Waals surface area contributed by atoms with Gasteiger partial charge in [-0.2, -0.15) is 13.2 Å². The minimum absolute atomic E-state index is 0.00601. The van der Waals surface area contributed by atoms with Crippen LogP contribution in [0.15, 0.2) is 39.6 Å². The fraction of sp³-hybridized carbons (Fsp3) is 0.300. The van der Waals surface area contributed by atoms with Crippen LogP contribution in [0.4, 0.5) is 24.8 Å². The Morgan fingerprint density at radius 3 is 2.66 bits per heavy atom. The molecule has 0 unspecified atom stereocenters. The van der Waals surface area contributed by atoms with Gasteiger partial charge in [-0.15, -0.1) is 23.1 Å². The predicted octanol–water partition coefficient (Wildman–Crippen LogP) is 4.74.